The zero-order valence-electron chi connectivity index (χ0n) is 10.9. The van der Waals surface area contributed by atoms with Crippen LogP contribution in [0.2, 0.25) is 0 Å². The Balaban J connectivity index is 2.13. The molecule has 0 aliphatic heterocycles. The summed E-state index contributed by atoms with van der Waals surface area (Å²) < 4.78 is 10.6. The standard InChI is InChI=1S/C13H15N3O3S/c1-18-10-6-8(14)2-3-12(10)20-7-11-9(4-5-19-11)13(17)16-15/h2-6H,7,14-15H2,1H3,(H,16,17). The van der Waals surface area contributed by atoms with E-state index in [4.69, 9.17) is 20.7 Å². The first-order valence-electron chi connectivity index (χ1n) is 5.79. The molecule has 0 aliphatic carbocycles. The molecule has 5 N–H and O–H groups in total. The Hall–Kier alpha value is -2.12. The van der Waals surface area contributed by atoms with Crippen LogP contribution in [0.1, 0.15) is 16.1 Å². The van der Waals surface area contributed by atoms with Gasteiger partial charge in [0.2, 0.25) is 0 Å². The first kappa shape index (κ1) is 14.3. The highest BCUT2D eigenvalue weighted by atomic mass is 32.2. The number of amides is 1. The number of nitrogen functional groups attached to an aromatic ring is 2. The predicted octanol–water partition coefficient (Wildman–Crippen LogP) is 1.77. The van der Waals surface area contributed by atoms with E-state index >= 15 is 0 Å². The van der Waals surface area contributed by atoms with Crippen molar-refractivity contribution in [3.05, 3.63) is 41.9 Å². The fraction of sp³-hybridized carbons (Fsp3) is 0.154. The number of hydrazine groups is 1. The van der Waals surface area contributed by atoms with E-state index in [1.165, 1.54) is 18.0 Å². The van der Waals surface area contributed by atoms with Gasteiger partial charge >= 0.3 is 0 Å². The van der Waals surface area contributed by atoms with Gasteiger partial charge in [-0.25, -0.2) is 5.84 Å². The summed E-state index contributed by atoms with van der Waals surface area (Å²) in [5.74, 6) is 6.46. The van der Waals surface area contributed by atoms with Crippen molar-refractivity contribution in [2.24, 2.45) is 5.84 Å². The summed E-state index contributed by atoms with van der Waals surface area (Å²) >= 11 is 1.48. The molecule has 0 fully saturated rings. The Morgan fingerprint density at radius 1 is 1.45 bits per heavy atom. The lowest BCUT2D eigenvalue weighted by molar-refractivity contribution is 0.0952. The van der Waals surface area contributed by atoms with Crippen molar-refractivity contribution in [1.82, 2.24) is 5.43 Å². The first-order valence-corrected chi connectivity index (χ1v) is 6.78. The van der Waals surface area contributed by atoms with Crippen LogP contribution in [-0.4, -0.2) is 13.0 Å². The highest BCUT2D eigenvalue weighted by Crippen LogP contribution is 2.33. The lowest BCUT2D eigenvalue weighted by Crippen LogP contribution is -2.30. The molecule has 0 spiro atoms. The van der Waals surface area contributed by atoms with Crippen LogP contribution in [0.4, 0.5) is 5.69 Å². The predicted molar refractivity (Wildman–Crippen MR) is 77.3 cm³/mol. The maximum Gasteiger partial charge on any atom is 0.268 e. The third-order valence-electron chi connectivity index (χ3n) is 2.67. The molecule has 6 nitrogen and oxygen atoms in total. The number of carbonyl (C=O) groups is 1. The van der Waals surface area contributed by atoms with E-state index in [0.29, 0.717) is 28.5 Å². The van der Waals surface area contributed by atoms with Gasteiger partial charge in [0.15, 0.2) is 0 Å². The third kappa shape index (κ3) is 3.06. The van der Waals surface area contributed by atoms with Crippen LogP contribution in [0.5, 0.6) is 5.75 Å². The number of anilines is 1. The number of nitrogens with one attached hydrogen (secondary N) is 1. The summed E-state index contributed by atoms with van der Waals surface area (Å²) in [5, 5.41) is 0. The summed E-state index contributed by atoms with van der Waals surface area (Å²) in [4.78, 5) is 12.4. The molecule has 20 heavy (non-hydrogen) atoms. The number of methoxy groups -OCH3 is 1. The van der Waals surface area contributed by atoms with Crippen molar-refractivity contribution < 1.29 is 13.9 Å². The van der Waals surface area contributed by atoms with Crippen LogP contribution in [-0.2, 0) is 5.75 Å². The number of thioether (sulfide) groups is 1. The molecule has 0 aliphatic rings. The molecular weight excluding hydrogens is 278 g/mol. The minimum atomic E-state index is -0.376. The second kappa shape index (κ2) is 6.36. The summed E-state index contributed by atoms with van der Waals surface area (Å²) in [6, 6.07) is 6.99. The number of carbonyl (C=O) groups excluding carboxylic acids is 1. The maximum atomic E-state index is 11.5. The van der Waals surface area contributed by atoms with Gasteiger partial charge in [-0.15, -0.1) is 11.8 Å². The molecule has 1 amide bonds. The van der Waals surface area contributed by atoms with E-state index in [1.54, 1.807) is 25.3 Å². The molecule has 106 valence electrons. The Bertz CT molecular complexity index is 613. The SMILES string of the molecule is COc1cc(N)ccc1SCc1occc1C(=O)NN. The minimum Gasteiger partial charge on any atom is -0.496 e. The zero-order valence-corrected chi connectivity index (χ0v) is 11.7. The number of nitrogens with two attached hydrogens (primary N) is 2. The van der Waals surface area contributed by atoms with Crippen molar-refractivity contribution in [1.29, 1.82) is 0 Å². The molecule has 0 radical (unpaired) electrons. The van der Waals surface area contributed by atoms with Crippen LogP contribution < -0.4 is 21.7 Å². The minimum absolute atomic E-state index is 0.376. The van der Waals surface area contributed by atoms with Crippen molar-refractivity contribution in [3.63, 3.8) is 0 Å². The van der Waals surface area contributed by atoms with E-state index in [2.05, 4.69) is 5.43 Å². The fourth-order valence-electron chi connectivity index (χ4n) is 1.68. The van der Waals surface area contributed by atoms with Gasteiger partial charge in [0, 0.05) is 16.6 Å². The number of rotatable bonds is 5. The second-order valence-electron chi connectivity index (χ2n) is 3.93. The lowest BCUT2D eigenvalue weighted by Gasteiger charge is -2.08. The summed E-state index contributed by atoms with van der Waals surface area (Å²) in [6.07, 6.45) is 1.46. The van der Waals surface area contributed by atoms with Gasteiger partial charge in [0.05, 0.1) is 24.7 Å². The van der Waals surface area contributed by atoms with Crippen LogP contribution in [0.25, 0.3) is 0 Å². The molecule has 0 bridgehead atoms. The third-order valence-corrected chi connectivity index (χ3v) is 3.72. The summed E-state index contributed by atoms with van der Waals surface area (Å²) in [5.41, 5.74) is 8.84. The van der Waals surface area contributed by atoms with E-state index in [1.807, 2.05) is 6.07 Å². The molecule has 2 aromatic rings. The van der Waals surface area contributed by atoms with E-state index in [9.17, 15) is 4.79 Å². The van der Waals surface area contributed by atoms with E-state index in [-0.39, 0.29) is 5.91 Å². The van der Waals surface area contributed by atoms with E-state index in [0.717, 1.165) is 4.90 Å². The van der Waals surface area contributed by atoms with Crippen LogP contribution in [0, 0.1) is 0 Å². The van der Waals surface area contributed by atoms with Crippen molar-refractivity contribution in [2.45, 2.75) is 10.6 Å². The maximum absolute atomic E-state index is 11.5. The van der Waals surface area contributed by atoms with Gasteiger partial charge in [-0.3, -0.25) is 10.2 Å². The highest BCUT2D eigenvalue weighted by Gasteiger charge is 2.14. The quantitative estimate of drug-likeness (QED) is 0.255. The molecule has 1 aromatic heterocycles. The summed E-state index contributed by atoms with van der Waals surface area (Å²) in [7, 11) is 1.58. The van der Waals surface area contributed by atoms with Gasteiger partial charge < -0.3 is 14.9 Å². The van der Waals surface area contributed by atoms with Gasteiger partial charge in [0.25, 0.3) is 5.91 Å². The molecular formula is C13H15N3O3S. The van der Waals surface area contributed by atoms with Crippen LogP contribution >= 0.6 is 11.8 Å². The van der Waals surface area contributed by atoms with Crippen molar-refractivity contribution in [2.75, 3.05) is 12.8 Å². The number of ether oxygens (including phenoxy) is 1. The molecule has 0 saturated heterocycles. The fourth-order valence-corrected chi connectivity index (χ4v) is 2.64. The Kier molecular flexibility index (Phi) is 4.54. The monoisotopic (exact) mass is 293 g/mol. The number of hydrogen-bond donors (Lipinski definition) is 3. The van der Waals surface area contributed by atoms with Crippen molar-refractivity contribution >= 4 is 23.4 Å². The van der Waals surface area contributed by atoms with Gasteiger partial charge in [-0.1, -0.05) is 0 Å². The van der Waals surface area contributed by atoms with Crippen LogP contribution in [0.15, 0.2) is 39.8 Å². The Morgan fingerprint density at radius 3 is 2.95 bits per heavy atom. The summed E-state index contributed by atoms with van der Waals surface area (Å²) in [6.45, 7) is 0. The number of benzene rings is 1. The Morgan fingerprint density at radius 2 is 2.25 bits per heavy atom. The van der Waals surface area contributed by atoms with Gasteiger partial charge in [0.1, 0.15) is 11.5 Å². The number of hydrogen-bond acceptors (Lipinski definition) is 6. The molecule has 7 heteroatoms. The largest absolute Gasteiger partial charge is 0.496 e. The Labute approximate surface area is 120 Å². The molecule has 0 saturated carbocycles. The average Bonchev–Trinajstić information content (AvgIpc) is 2.93. The normalized spacial score (nSPS) is 10.3. The molecule has 0 atom stereocenters. The average molecular weight is 293 g/mol. The topological polar surface area (TPSA) is 104 Å². The first-order chi connectivity index (χ1) is 9.65. The van der Waals surface area contributed by atoms with Crippen molar-refractivity contribution in [3.8, 4) is 5.75 Å². The van der Waals surface area contributed by atoms with Gasteiger partial charge in [-0.05, 0) is 18.2 Å². The molecule has 2 rings (SSSR count). The lowest BCUT2D eigenvalue weighted by atomic mass is 10.2. The second-order valence-corrected chi connectivity index (χ2v) is 4.95. The molecule has 1 aromatic carbocycles. The van der Waals surface area contributed by atoms with Crippen LogP contribution in [0.3, 0.4) is 0 Å². The van der Waals surface area contributed by atoms with Gasteiger partial charge in [-0.2, -0.15) is 0 Å². The highest BCUT2D eigenvalue weighted by molar-refractivity contribution is 7.98. The molecule has 0 unspecified atom stereocenters. The van der Waals surface area contributed by atoms with E-state index < -0.39 is 0 Å². The smallest absolute Gasteiger partial charge is 0.268 e. The molecule has 1 heterocycles. The number of furan rings is 1. The zero-order chi connectivity index (χ0) is 14.5.